The molecular weight excluding hydrogens is 312 g/mol. The van der Waals surface area contributed by atoms with Crippen LogP contribution in [0.15, 0.2) is 16.6 Å². The minimum absolute atomic E-state index is 0.112. The first-order valence-electron chi connectivity index (χ1n) is 5.05. The molecule has 1 atom stereocenters. The lowest BCUT2D eigenvalue weighted by Crippen LogP contribution is -2.40. The van der Waals surface area contributed by atoms with E-state index in [4.69, 9.17) is 5.11 Å². The summed E-state index contributed by atoms with van der Waals surface area (Å²) in [6.45, 7) is 1.54. The molecule has 0 unspecified atom stereocenters. The Morgan fingerprint density at radius 3 is 2.28 bits per heavy atom. The third-order valence-electron chi connectivity index (χ3n) is 2.25. The quantitative estimate of drug-likeness (QED) is 0.894. The van der Waals surface area contributed by atoms with Crippen molar-refractivity contribution in [2.45, 2.75) is 19.4 Å². The minimum atomic E-state index is -1.26. The van der Waals surface area contributed by atoms with Crippen LogP contribution < -0.4 is 5.32 Å². The lowest BCUT2D eigenvalue weighted by molar-refractivity contribution is -0.139. The Hall–Kier alpha value is -1.50. The van der Waals surface area contributed by atoms with Gasteiger partial charge in [0.1, 0.15) is 23.2 Å². The lowest BCUT2D eigenvalue weighted by atomic mass is 10.1. The molecular formula is C11H10BrF2NO3. The Labute approximate surface area is 110 Å². The molecule has 0 saturated heterocycles. The van der Waals surface area contributed by atoms with E-state index in [1.165, 1.54) is 6.92 Å². The van der Waals surface area contributed by atoms with Gasteiger partial charge in [0.05, 0.1) is 0 Å². The zero-order chi connectivity index (χ0) is 13.9. The number of carboxylic acids is 1. The molecule has 0 radical (unpaired) electrons. The Morgan fingerprint density at radius 2 is 1.89 bits per heavy atom. The molecule has 4 nitrogen and oxygen atoms in total. The number of hydrogen-bond donors (Lipinski definition) is 2. The average molecular weight is 322 g/mol. The van der Waals surface area contributed by atoms with Crippen LogP contribution in [0.25, 0.3) is 0 Å². The van der Waals surface area contributed by atoms with Crippen molar-refractivity contribution in [1.29, 1.82) is 0 Å². The molecule has 98 valence electrons. The number of amides is 1. The van der Waals surface area contributed by atoms with E-state index in [2.05, 4.69) is 15.9 Å². The second-order valence-electron chi connectivity index (χ2n) is 3.52. The van der Waals surface area contributed by atoms with Crippen molar-refractivity contribution in [3.63, 3.8) is 0 Å². The van der Waals surface area contributed by atoms with Crippen LogP contribution in [0.5, 0.6) is 0 Å². The highest BCUT2D eigenvalue weighted by Gasteiger charge is 2.23. The summed E-state index contributed by atoms with van der Waals surface area (Å²) in [5, 5.41) is 10.8. The molecule has 1 rings (SSSR count). The molecule has 0 heterocycles. The third-order valence-corrected chi connectivity index (χ3v) is 2.70. The predicted octanol–water partition coefficient (Wildman–Crippen LogP) is 2.32. The van der Waals surface area contributed by atoms with Crippen molar-refractivity contribution in [2.75, 3.05) is 0 Å². The van der Waals surface area contributed by atoms with E-state index < -0.39 is 35.1 Å². The van der Waals surface area contributed by atoms with Gasteiger partial charge in [-0.1, -0.05) is 22.9 Å². The van der Waals surface area contributed by atoms with E-state index in [-0.39, 0.29) is 10.9 Å². The molecule has 7 heteroatoms. The van der Waals surface area contributed by atoms with Gasteiger partial charge < -0.3 is 10.4 Å². The van der Waals surface area contributed by atoms with Gasteiger partial charge in [0.2, 0.25) is 0 Å². The number of aliphatic carboxylic acids is 1. The van der Waals surface area contributed by atoms with Gasteiger partial charge in [-0.25, -0.2) is 13.6 Å². The van der Waals surface area contributed by atoms with Gasteiger partial charge in [0.25, 0.3) is 5.91 Å². The normalized spacial score (nSPS) is 12.0. The van der Waals surface area contributed by atoms with Crippen LogP contribution in [0.1, 0.15) is 23.7 Å². The van der Waals surface area contributed by atoms with Gasteiger partial charge >= 0.3 is 5.97 Å². The van der Waals surface area contributed by atoms with Crippen LogP contribution in [0.3, 0.4) is 0 Å². The molecule has 1 aromatic carbocycles. The third kappa shape index (κ3) is 3.25. The first-order chi connectivity index (χ1) is 8.36. The number of nitrogens with one attached hydrogen (secondary N) is 1. The summed E-state index contributed by atoms with van der Waals surface area (Å²) >= 11 is 2.88. The molecule has 1 aromatic rings. The van der Waals surface area contributed by atoms with Gasteiger partial charge in [-0.05, 0) is 18.6 Å². The molecule has 2 N–H and O–H groups in total. The lowest BCUT2D eigenvalue weighted by Gasteiger charge is -2.13. The summed E-state index contributed by atoms with van der Waals surface area (Å²) < 4.78 is 27.0. The summed E-state index contributed by atoms with van der Waals surface area (Å²) in [5.41, 5.74) is -0.794. The van der Waals surface area contributed by atoms with Crippen molar-refractivity contribution in [3.8, 4) is 0 Å². The Kier molecular flexibility index (Phi) is 4.77. The van der Waals surface area contributed by atoms with Crippen LogP contribution in [-0.4, -0.2) is 23.0 Å². The van der Waals surface area contributed by atoms with Crippen molar-refractivity contribution in [2.24, 2.45) is 0 Å². The molecule has 1 amide bonds. The smallest absolute Gasteiger partial charge is 0.326 e. The Bertz CT molecular complexity index is 470. The van der Waals surface area contributed by atoms with E-state index in [1.54, 1.807) is 0 Å². The maximum atomic E-state index is 13.4. The van der Waals surface area contributed by atoms with Crippen molar-refractivity contribution in [3.05, 3.63) is 33.8 Å². The van der Waals surface area contributed by atoms with Crippen LogP contribution in [0.4, 0.5) is 8.78 Å². The van der Waals surface area contributed by atoms with Crippen LogP contribution >= 0.6 is 15.9 Å². The number of hydrogen-bond acceptors (Lipinski definition) is 2. The highest BCUT2D eigenvalue weighted by molar-refractivity contribution is 9.10. The Morgan fingerprint density at radius 1 is 1.39 bits per heavy atom. The molecule has 0 aliphatic rings. The standard InChI is InChI=1S/C11H10BrF2NO3/c1-2-8(11(17)18)15-10(16)9-6(13)3-5(12)4-7(9)14/h3-4,8H,2H2,1H3,(H,15,16)(H,17,18)/t8-/m0/s1. The second-order valence-corrected chi connectivity index (χ2v) is 4.43. The highest BCUT2D eigenvalue weighted by Crippen LogP contribution is 2.19. The van der Waals surface area contributed by atoms with Crippen LogP contribution in [0, 0.1) is 11.6 Å². The minimum Gasteiger partial charge on any atom is -0.480 e. The predicted molar refractivity (Wildman–Crippen MR) is 63.2 cm³/mol. The zero-order valence-electron chi connectivity index (χ0n) is 9.34. The molecule has 18 heavy (non-hydrogen) atoms. The number of carbonyl (C=O) groups excluding carboxylic acids is 1. The van der Waals surface area contributed by atoms with Crippen molar-refractivity contribution >= 4 is 27.8 Å². The van der Waals surface area contributed by atoms with E-state index in [9.17, 15) is 18.4 Å². The average Bonchev–Trinajstić information content (AvgIpc) is 2.23. The summed E-state index contributed by atoms with van der Waals surface area (Å²) in [6.07, 6.45) is 0.112. The van der Waals surface area contributed by atoms with Crippen molar-refractivity contribution in [1.82, 2.24) is 5.32 Å². The first kappa shape index (κ1) is 14.6. The van der Waals surface area contributed by atoms with Gasteiger partial charge in [0.15, 0.2) is 0 Å². The molecule has 0 spiro atoms. The Balaban J connectivity index is 3.01. The fourth-order valence-electron chi connectivity index (χ4n) is 1.33. The monoisotopic (exact) mass is 321 g/mol. The zero-order valence-corrected chi connectivity index (χ0v) is 10.9. The van der Waals surface area contributed by atoms with E-state index in [0.29, 0.717) is 0 Å². The molecule has 0 aliphatic carbocycles. The SMILES string of the molecule is CC[C@H](NC(=O)c1c(F)cc(Br)cc1F)C(=O)O. The van der Waals surface area contributed by atoms with Gasteiger partial charge in [0, 0.05) is 4.47 Å². The van der Waals surface area contributed by atoms with Gasteiger partial charge in [-0.2, -0.15) is 0 Å². The summed E-state index contributed by atoms with van der Waals surface area (Å²) in [4.78, 5) is 22.3. The highest BCUT2D eigenvalue weighted by atomic mass is 79.9. The first-order valence-corrected chi connectivity index (χ1v) is 5.84. The summed E-state index contributed by atoms with van der Waals surface area (Å²) in [7, 11) is 0. The maximum Gasteiger partial charge on any atom is 0.326 e. The van der Waals surface area contributed by atoms with Gasteiger partial charge in [-0.3, -0.25) is 4.79 Å². The van der Waals surface area contributed by atoms with Crippen LogP contribution in [-0.2, 0) is 4.79 Å². The van der Waals surface area contributed by atoms with Gasteiger partial charge in [-0.15, -0.1) is 0 Å². The molecule has 0 fully saturated rings. The van der Waals surface area contributed by atoms with E-state index >= 15 is 0 Å². The topological polar surface area (TPSA) is 66.4 Å². The molecule has 0 saturated carbocycles. The molecule has 0 aromatic heterocycles. The number of halogens is 3. The number of rotatable bonds is 4. The summed E-state index contributed by atoms with van der Waals surface area (Å²) in [6, 6.07) is 0.680. The van der Waals surface area contributed by atoms with Crippen molar-refractivity contribution < 1.29 is 23.5 Å². The fraction of sp³-hybridized carbons (Fsp3) is 0.273. The molecule has 0 aliphatic heterocycles. The fourth-order valence-corrected chi connectivity index (χ4v) is 1.73. The van der Waals surface area contributed by atoms with E-state index in [0.717, 1.165) is 12.1 Å². The summed E-state index contributed by atoms with van der Waals surface area (Å²) in [5.74, 6) is -4.46. The largest absolute Gasteiger partial charge is 0.480 e. The number of carboxylic acid groups (broad SMARTS) is 1. The number of carbonyl (C=O) groups is 2. The number of benzene rings is 1. The maximum absolute atomic E-state index is 13.4. The second kappa shape index (κ2) is 5.90. The van der Waals surface area contributed by atoms with E-state index in [1.807, 2.05) is 5.32 Å². The van der Waals surface area contributed by atoms with Crippen LogP contribution in [0.2, 0.25) is 0 Å². The molecule has 0 bridgehead atoms.